The maximum atomic E-state index is 6.00. The zero-order valence-corrected chi connectivity index (χ0v) is 13.5. The van der Waals surface area contributed by atoms with Crippen LogP contribution in [0.4, 0.5) is 0 Å². The first-order chi connectivity index (χ1) is 7.55. The van der Waals surface area contributed by atoms with E-state index in [1.54, 1.807) is 12.2 Å². The molecule has 0 spiro atoms. The Morgan fingerprint density at radius 2 is 1.18 bits per heavy atom. The highest BCUT2D eigenvalue weighted by atomic mass is 35.5. The van der Waals surface area contributed by atoms with Crippen LogP contribution in [0.15, 0.2) is 22.2 Å². The number of ether oxygens (including phenoxy) is 1. The Labute approximate surface area is 124 Å². The van der Waals surface area contributed by atoms with Crippen LogP contribution in [0.1, 0.15) is 27.7 Å². The lowest BCUT2D eigenvalue weighted by molar-refractivity contribution is 0.193. The summed E-state index contributed by atoms with van der Waals surface area (Å²) in [6, 6.07) is 0. The van der Waals surface area contributed by atoms with Crippen molar-refractivity contribution < 1.29 is 4.74 Å². The second-order valence-electron chi connectivity index (χ2n) is 4.59. The molecule has 0 aromatic heterocycles. The number of hydrogen-bond acceptors (Lipinski definition) is 1. The zero-order chi connectivity index (χ0) is 13.7. The fourth-order valence-electron chi connectivity index (χ4n) is 0.818. The molecule has 0 atom stereocenters. The van der Waals surface area contributed by atoms with Gasteiger partial charge in [-0.15, -0.1) is 23.2 Å². The molecular weight excluding hydrogens is 302 g/mol. The van der Waals surface area contributed by atoms with Crippen LogP contribution in [0.2, 0.25) is 0 Å². The third-order valence-corrected chi connectivity index (χ3v) is 3.75. The summed E-state index contributed by atoms with van der Waals surface area (Å²) in [5.41, 5.74) is 0. The molecule has 0 unspecified atom stereocenters. The number of allylic oxidation sites excluding steroid dienone is 2. The van der Waals surface area contributed by atoms with Crippen molar-refractivity contribution in [1.29, 1.82) is 0 Å². The molecule has 0 fully saturated rings. The molecule has 0 aliphatic carbocycles. The van der Waals surface area contributed by atoms with Crippen molar-refractivity contribution in [3.8, 4) is 0 Å². The van der Waals surface area contributed by atoms with Gasteiger partial charge in [-0.2, -0.15) is 0 Å². The molecule has 0 aromatic rings. The maximum absolute atomic E-state index is 6.00. The van der Waals surface area contributed by atoms with Crippen LogP contribution in [0.25, 0.3) is 0 Å². The lowest BCUT2D eigenvalue weighted by Gasteiger charge is -2.15. The molecule has 17 heavy (non-hydrogen) atoms. The van der Waals surface area contributed by atoms with Crippen LogP contribution in [0.3, 0.4) is 0 Å². The van der Waals surface area contributed by atoms with Gasteiger partial charge in [0.1, 0.15) is 0 Å². The predicted octanol–water partition coefficient (Wildman–Crippen LogP) is 5.28. The van der Waals surface area contributed by atoms with Gasteiger partial charge in [0.25, 0.3) is 0 Å². The Kier molecular flexibility index (Phi) is 7.51. The van der Waals surface area contributed by atoms with Gasteiger partial charge in [0.2, 0.25) is 0 Å². The van der Waals surface area contributed by atoms with E-state index in [-0.39, 0.29) is 0 Å². The third-order valence-electron chi connectivity index (χ3n) is 1.90. The fourth-order valence-corrected chi connectivity index (χ4v) is 1.10. The van der Waals surface area contributed by atoms with Crippen molar-refractivity contribution in [2.45, 2.75) is 37.4 Å². The number of rotatable bonds is 6. The molecule has 0 N–H and O–H groups in total. The van der Waals surface area contributed by atoms with E-state index in [0.29, 0.717) is 23.3 Å². The van der Waals surface area contributed by atoms with E-state index < -0.39 is 9.75 Å². The van der Waals surface area contributed by atoms with Gasteiger partial charge >= 0.3 is 0 Å². The van der Waals surface area contributed by atoms with Crippen LogP contribution in [-0.4, -0.2) is 23.0 Å². The first kappa shape index (κ1) is 17.6. The molecule has 0 heterocycles. The average Bonchev–Trinajstić information content (AvgIpc) is 2.13. The predicted molar refractivity (Wildman–Crippen MR) is 78.6 cm³/mol. The van der Waals surface area contributed by atoms with Crippen molar-refractivity contribution in [3.05, 3.63) is 22.2 Å². The Balaban J connectivity index is 4.04. The van der Waals surface area contributed by atoms with E-state index in [1.807, 2.05) is 27.7 Å². The topological polar surface area (TPSA) is 9.23 Å². The van der Waals surface area contributed by atoms with Gasteiger partial charge in [-0.3, -0.25) is 0 Å². The smallest absolute Gasteiger partial charge is 0.0742 e. The van der Waals surface area contributed by atoms with Gasteiger partial charge in [0.15, 0.2) is 0 Å². The fraction of sp³-hybridized carbons (Fsp3) is 0.667. The van der Waals surface area contributed by atoms with E-state index in [0.717, 1.165) is 0 Å². The molecule has 0 aromatic carbocycles. The summed E-state index contributed by atoms with van der Waals surface area (Å²) in [7, 11) is 0. The summed E-state index contributed by atoms with van der Waals surface area (Å²) < 4.78 is 5.33. The highest BCUT2D eigenvalue weighted by molar-refractivity contribution is 6.39. The summed E-state index contributed by atoms with van der Waals surface area (Å²) in [5, 5.41) is 1.12. The third kappa shape index (κ3) is 8.34. The van der Waals surface area contributed by atoms with E-state index >= 15 is 0 Å². The summed E-state index contributed by atoms with van der Waals surface area (Å²) >= 11 is 23.9. The van der Waals surface area contributed by atoms with Crippen LogP contribution < -0.4 is 0 Å². The maximum Gasteiger partial charge on any atom is 0.0742 e. The number of halogens is 4. The minimum absolute atomic E-state index is 0.387. The zero-order valence-electron chi connectivity index (χ0n) is 10.5. The van der Waals surface area contributed by atoms with Crippen LogP contribution in [0, 0.1) is 0 Å². The molecule has 0 aliphatic heterocycles. The second-order valence-corrected chi connectivity index (χ2v) is 7.29. The Morgan fingerprint density at radius 3 is 1.41 bits per heavy atom. The minimum Gasteiger partial charge on any atom is -0.373 e. The number of hydrogen-bond donors (Lipinski definition) is 0. The van der Waals surface area contributed by atoms with Crippen molar-refractivity contribution in [2.24, 2.45) is 0 Å². The van der Waals surface area contributed by atoms with Crippen molar-refractivity contribution in [1.82, 2.24) is 0 Å². The van der Waals surface area contributed by atoms with Gasteiger partial charge in [-0.05, 0) is 39.8 Å². The van der Waals surface area contributed by atoms with Crippen LogP contribution >= 0.6 is 46.4 Å². The molecule has 0 rings (SSSR count). The normalized spacial score (nSPS) is 15.3. The summed E-state index contributed by atoms with van der Waals surface area (Å²) in [6.45, 7) is 8.05. The SMILES string of the molecule is CC(C)(Cl)C(Cl)=CCOCC=C(Cl)C(C)(C)Cl. The lowest BCUT2D eigenvalue weighted by Crippen LogP contribution is -2.11. The van der Waals surface area contributed by atoms with Gasteiger partial charge in [-0.1, -0.05) is 23.2 Å². The van der Waals surface area contributed by atoms with E-state index in [4.69, 9.17) is 51.1 Å². The van der Waals surface area contributed by atoms with Crippen molar-refractivity contribution >= 4 is 46.4 Å². The van der Waals surface area contributed by atoms with Gasteiger partial charge in [0, 0.05) is 10.1 Å². The molecule has 0 aliphatic rings. The Hall–Kier alpha value is 0.600. The molecule has 1 nitrogen and oxygen atoms in total. The monoisotopic (exact) mass is 318 g/mol. The van der Waals surface area contributed by atoms with Gasteiger partial charge in [0.05, 0.1) is 23.0 Å². The summed E-state index contributed by atoms with van der Waals surface area (Å²) in [4.78, 5) is -1.12. The van der Waals surface area contributed by atoms with Gasteiger partial charge < -0.3 is 4.74 Å². The van der Waals surface area contributed by atoms with Gasteiger partial charge in [-0.25, -0.2) is 0 Å². The van der Waals surface area contributed by atoms with E-state index in [9.17, 15) is 0 Å². The summed E-state index contributed by atoms with van der Waals surface area (Å²) in [6.07, 6.45) is 3.48. The largest absolute Gasteiger partial charge is 0.373 e. The molecule has 0 bridgehead atoms. The molecule has 0 saturated heterocycles. The molecule has 0 saturated carbocycles. The lowest BCUT2D eigenvalue weighted by atomic mass is 10.2. The van der Waals surface area contributed by atoms with E-state index in [2.05, 4.69) is 0 Å². The highest BCUT2D eigenvalue weighted by Gasteiger charge is 2.18. The number of alkyl halides is 2. The van der Waals surface area contributed by atoms with Crippen molar-refractivity contribution in [2.75, 3.05) is 13.2 Å². The molecule has 5 heteroatoms. The molecule has 0 radical (unpaired) electrons. The first-order valence-electron chi connectivity index (χ1n) is 5.23. The Morgan fingerprint density at radius 1 is 0.882 bits per heavy atom. The van der Waals surface area contributed by atoms with E-state index in [1.165, 1.54) is 0 Å². The van der Waals surface area contributed by atoms with Crippen molar-refractivity contribution in [3.63, 3.8) is 0 Å². The molecule has 0 amide bonds. The van der Waals surface area contributed by atoms with Crippen LogP contribution in [0.5, 0.6) is 0 Å². The quantitative estimate of drug-likeness (QED) is 0.478. The first-order valence-corrected chi connectivity index (χ1v) is 6.74. The second kappa shape index (κ2) is 7.25. The summed E-state index contributed by atoms with van der Waals surface area (Å²) in [5.74, 6) is 0. The van der Waals surface area contributed by atoms with Crippen LogP contribution in [-0.2, 0) is 4.74 Å². The minimum atomic E-state index is -0.559. The molecular formula is C12H18Cl4O. The Bertz CT molecular complexity index is 265. The standard InChI is InChI=1S/C12H18Cl4O/c1-11(2,15)9(13)5-7-17-8-6-10(14)12(3,4)16/h5-6H,7-8H2,1-4H3. The highest BCUT2D eigenvalue weighted by Crippen LogP contribution is 2.27. The average molecular weight is 320 g/mol. The molecule has 100 valence electrons.